The molecule has 26 heavy (non-hydrogen) atoms. The zero-order chi connectivity index (χ0) is 18.4. The second-order valence-electron chi connectivity index (χ2n) is 6.36. The lowest BCUT2D eigenvalue weighted by Crippen LogP contribution is -2.35. The topological polar surface area (TPSA) is 50.8 Å². The van der Waals surface area contributed by atoms with E-state index in [1.807, 2.05) is 43.3 Å². The van der Waals surface area contributed by atoms with Gasteiger partial charge in [-0.05, 0) is 42.3 Å². The smallest absolute Gasteiger partial charge is 0.262 e. The summed E-state index contributed by atoms with van der Waals surface area (Å²) in [7, 11) is 0. The maximum absolute atomic E-state index is 12.1. The van der Waals surface area contributed by atoms with Crippen LogP contribution in [0.25, 0.3) is 0 Å². The summed E-state index contributed by atoms with van der Waals surface area (Å²) < 4.78 is 10.9. The van der Waals surface area contributed by atoms with E-state index in [4.69, 9.17) is 21.1 Å². The number of hydrogen-bond acceptors (Lipinski definition) is 4. The summed E-state index contributed by atoms with van der Waals surface area (Å²) in [5.74, 6) is 0.297. The molecule has 1 aliphatic rings. The van der Waals surface area contributed by atoms with E-state index in [1.54, 1.807) is 6.07 Å². The van der Waals surface area contributed by atoms with Crippen LogP contribution in [0.4, 0.5) is 5.69 Å². The molecule has 0 aromatic heterocycles. The molecule has 0 aliphatic carbocycles. The molecule has 0 spiro atoms. The van der Waals surface area contributed by atoms with Crippen LogP contribution in [-0.4, -0.2) is 43.7 Å². The molecule has 2 aromatic carbocycles. The van der Waals surface area contributed by atoms with Crippen molar-refractivity contribution in [3.05, 3.63) is 58.6 Å². The Balaban J connectivity index is 1.48. The molecule has 1 aliphatic heterocycles. The van der Waals surface area contributed by atoms with Crippen molar-refractivity contribution < 1.29 is 14.3 Å². The number of aryl methyl sites for hydroxylation is 1. The van der Waals surface area contributed by atoms with E-state index in [0.29, 0.717) is 10.8 Å². The number of nitrogens with zero attached hydrogens (tertiary/aromatic N) is 1. The van der Waals surface area contributed by atoms with Gasteiger partial charge in [0.15, 0.2) is 6.61 Å². The van der Waals surface area contributed by atoms with Crippen molar-refractivity contribution >= 4 is 23.2 Å². The van der Waals surface area contributed by atoms with Crippen molar-refractivity contribution in [3.63, 3.8) is 0 Å². The van der Waals surface area contributed by atoms with Gasteiger partial charge in [-0.2, -0.15) is 0 Å². The normalized spacial score (nSPS) is 14.8. The number of morpholine rings is 1. The average Bonchev–Trinajstić information content (AvgIpc) is 2.65. The molecule has 2 aromatic rings. The van der Waals surface area contributed by atoms with Crippen LogP contribution in [0.5, 0.6) is 5.75 Å². The number of carbonyl (C=O) groups is 1. The van der Waals surface area contributed by atoms with Crippen LogP contribution < -0.4 is 10.1 Å². The molecule has 5 nitrogen and oxygen atoms in total. The summed E-state index contributed by atoms with van der Waals surface area (Å²) in [5.41, 5.74) is 2.99. The lowest BCUT2D eigenvalue weighted by molar-refractivity contribution is -0.118. The number of nitrogens with one attached hydrogen (secondary N) is 1. The van der Waals surface area contributed by atoms with E-state index in [0.717, 1.165) is 44.1 Å². The highest BCUT2D eigenvalue weighted by Gasteiger charge is 2.11. The Morgan fingerprint density at radius 3 is 2.65 bits per heavy atom. The van der Waals surface area contributed by atoms with Crippen molar-refractivity contribution in [2.45, 2.75) is 13.5 Å². The van der Waals surface area contributed by atoms with E-state index >= 15 is 0 Å². The molecule has 0 bridgehead atoms. The Morgan fingerprint density at radius 1 is 1.19 bits per heavy atom. The highest BCUT2D eigenvalue weighted by Crippen LogP contribution is 2.25. The fourth-order valence-corrected chi connectivity index (χ4v) is 2.94. The highest BCUT2D eigenvalue weighted by atomic mass is 35.5. The molecule has 0 unspecified atom stereocenters. The maximum atomic E-state index is 12.1. The van der Waals surface area contributed by atoms with Gasteiger partial charge in [0.05, 0.1) is 18.2 Å². The lowest BCUT2D eigenvalue weighted by atomic mass is 10.2. The van der Waals surface area contributed by atoms with Crippen LogP contribution in [0.2, 0.25) is 5.02 Å². The summed E-state index contributed by atoms with van der Waals surface area (Å²) in [6.07, 6.45) is 0. The summed E-state index contributed by atoms with van der Waals surface area (Å²) >= 11 is 6.07. The predicted octanol–water partition coefficient (Wildman–Crippen LogP) is 3.50. The predicted molar refractivity (Wildman–Crippen MR) is 103 cm³/mol. The van der Waals surface area contributed by atoms with Gasteiger partial charge in [0, 0.05) is 25.3 Å². The third-order valence-electron chi connectivity index (χ3n) is 4.19. The number of ether oxygens (including phenoxy) is 2. The Morgan fingerprint density at radius 2 is 1.92 bits per heavy atom. The van der Waals surface area contributed by atoms with Crippen molar-refractivity contribution in [2.24, 2.45) is 0 Å². The number of rotatable bonds is 6. The Hall–Kier alpha value is -2.08. The van der Waals surface area contributed by atoms with Gasteiger partial charge in [-0.25, -0.2) is 0 Å². The molecular weight excluding hydrogens is 352 g/mol. The standard InChI is InChI=1S/C20H23ClN2O3/c1-15-2-7-18(21)19(12-15)26-14-20(24)22-17-5-3-16(4-6-17)13-23-8-10-25-11-9-23/h2-7,12H,8-11,13-14H2,1H3,(H,22,24). The highest BCUT2D eigenvalue weighted by molar-refractivity contribution is 6.32. The minimum absolute atomic E-state index is 0.0846. The molecular formula is C20H23ClN2O3. The third-order valence-corrected chi connectivity index (χ3v) is 4.51. The first-order chi connectivity index (χ1) is 12.6. The van der Waals surface area contributed by atoms with Crippen LogP contribution in [-0.2, 0) is 16.1 Å². The SMILES string of the molecule is Cc1ccc(Cl)c(OCC(=O)Nc2ccc(CN3CCOCC3)cc2)c1. The molecule has 0 radical (unpaired) electrons. The summed E-state index contributed by atoms with van der Waals surface area (Å²) in [6.45, 7) is 6.25. The first-order valence-corrected chi connectivity index (χ1v) is 9.06. The number of halogens is 1. The van der Waals surface area contributed by atoms with Crippen LogP contribution in [0.15, 0.2) is 42.5 Å². The van der Waals surface area contributed by atoms with Gasteiger partial charge in [0.2, 0.25) is 0 Å². The summed E-state index contributed by atoms with van der Waals surface area (Å²) in [6, 6.07) is 13.4. The quantitative estimate of drug-likeness (QED) is 0.840. The molecule has 138 valence electrons. The second-order valence-corrected chi connectivity index (χ2v) is 6.76. The van der Waals surface area contributed by atoms with E-state index < -0.39 is 0 Å². The number of carbonyl (C=O) groups excluding carboxylic acids is 1. The van der Waals surface area contributed by atoms with E-state index in [2.05, 4.69) is 10.2 Å². The van der Waals surface area contributed by atoms with Crippen LogP contribution >= 0.6 is 11.6 Å². The number of benzene rings is 2. The molecule has 3 rings (SSSR count). The van der Waals surface area contributed by atoms with Gasteiger partial charge >= 0.3 is 0 Å². The second kappa shape index (κ2) is 9.03. The Bertz CT molecular complexity index is 743. The minimum atomic E-state index is -0.219. The monoisotopic (exact) mass is 374 g/mol. The molecule has 1 fully saturated rings. The van der Waals surface area contributed by atoms with Gasteiger partial charge in [0.25, 0.3) is 5.91 Å². The summed E-state index contributed by atoms with van der Waals surface area (Å²) in [5, 5.41) is 3.33. The maximum Gasteiger partial charge on any atom is 0.262 e. The zero-order valence-electron chi connectivity index (χ0n) is 14.8. The number of hydrogen-bond donors (Lipinski definition) is 1. The fourth-order valence-electron chi connectivity index (χ4n) is 2.77. The van der Waals surface area contributed by atoms with Crippen molar-refractivity contribution in [3.8, 4) is 5.75 Å². The molecule has 0 atom stereocenters. The first-order valence-electron chi connectivity index (χ1n) is 8.68. The Labute approximate surface area is 158 Å². The molecule has 1 saturated heterocycles. The van der Waals surface area contributed by atoms with Crippen molar-refractivity contribution in [2.75, 3.05) is 38.2 Å². The van der Waals surface area contributed by atoms with E-state index in [9.17, 15) is 4.79 Å². The fraction of sp³-hybridized carbons (Fsp3) is 0.350. The van der Waals surface area contributed by atoms with Crippen LogP contribution in [0, 0.1) is 6.92 Å². The van der Waals surface area contributed by atoms with Gasteiger partial charge < -0.3 is 14.8 Å². The number of amides is 1. The Kier molecular flexibility index (Phi) is 6.50. The van der Waals surface area contributed by atoms with E-state index in [-0.39, 0.29) is 12.5 Å². The molecule has 1 heterocycles. The van der Waals surface area contributed by atoms with Crippen LogP contribution in [0.1, 0.15) is 11.1 Å². The largest absolute Gasteiger partial charge is 0.482 e. The molecule has 6 heteroatoms. The van der Waals surface area contributed by atoms with Crippen LogP contribution in [0.3, 0.4) is 0 Å². The molecule has 1 amide bonds. The van der Waals surface area contributed by atoms with Gasteiger partial charge in [-0.15, -0.1) is 0 Å². The third kappa shape index (κ3) is 5.46. The lowest BCUT2D eigenvalue weighted by Gasteiger charge is -2.26. The van der Waals surface area contributed by atoms with E-state index in [1.165, 1.54) is 5.56 Å². The van der Waals surface area contributed by atoms with Crippen molar-refractivity contribution in [1.82, 2.24) is 4.90 Å². The minimum Gasteiger partial charge on any atom is -0.482 e. The average molecular weight is 375 g/mol. The molecule has 1 N–H and O–H groups in total. The van der Waals surface area contributed by atoms with Gasteiger partial charge in [-0.3, -0.25) is 9.69 Å². The number of anilines is 1. The summed E-state index contributed by atoms with van der Waals surface area (Å²) in [4.78, 5) is 14.4. The van der Waals surface area contributed by atoms with Gasteiger partial charge in [0.1, 0.15) is 5.75 Å². The van der Waals surface area contributed by atoms with Crippen molar-refractivity contribution in [1.29, 1.82) is 0 Å². The zero-order valence-corrected chi connectivity index (χ0v) is 15.6. The van der Waals surface area contributed by atoms with Gasteiger partial charge in [-0.1, -0.05) is 29.8 Å². The molecule has 0 saturated carbocycles. The first kappa shape index (κ1) is 18.7.